The summed E-state index contributed by atoms with van der Waals surface area (Å²) in [5, 5.41) is 8.52. The van der Waals surface area contributed by atoms with Crippen molar-refractivity contribution in [3.8, 4) is 0 Å². The maximum absolute atomic E-state index is 9.34. The maximum Gasteiger partial charge on any atom is 0.293 e. The number of carbonyl (C=O) groups is 1. The molecule has 0 rings (SSSR count). The molecule has 0 heterocycles. The van der Waals surface area contributed by atoms with Gasteiger partial charge in [-0.2, -0.15) is 0 Å². The van der Waals surface area contributed by atoms with Crippen LogP contribution in [0.5, 0.6) is 0 Å². The first-order valence-corrected chi connectivity index (χ1v) is 3.69. The zero-order valence-corrected chi connectivity index (χ0v) is 7.76. The van der Waals surface area contributed by atoms with E-state index in [1.165, 1.54) is 0 Å². The van der Waals surface area contributed by atoms with E-state index in [2.05, 4.69) is 4.74 Å². The van der Waals surface area contributed by atoms with Crippen LogP contribution in [-0.4, -0.2) is 23.8 Å². The van der Waals surface area contributed by atoms with Crippen LogP contribution in [0.3, 0.4) is 0 Å². The molecule has 0 aliphatic rings. The molecule has 0 aliphatic heterocycles. The Morgan fingerprint density at radius 3 is 1.91 bits per heavy atom. The van der Waals surface area contributed by atoms with Gasteiger partial charge in [0.2, 0.25) is 0 Å². The Morgan fingerprint density at radius 2 is 1.82 bits per heavy atom. The lowest BCUT2D eigenvalue weighted by Gasteiger charge is -2.04. The van der Waals surface area contributed by atoms with Crippen LogP contribution in [0.4, 0.5) is 0 Å². The fraction of sp³-hybridized carbons (Fsp3) is 0.875. The van der Waals surface area contributed by atoms with E-state index in [9.17, 15) is 4.79 Å². The van der Waals surface area contributed by atoms with Crippen molar-refractivity contribution in [2.24, 2.45) is 0 Å². The number of aliphatic hydroxyl groups is 1. The average molecular weight is 162 g/mol. The van der Waals surface area contributed by atoms with Crippen LogP contribution in [-0.2, 0) is 9.53 Å². The molecular weight excluding hydrogens is 144 g/mol. The van der Waals surface area contributed by atoms with Crippen molar-refractivity contribution in [3.05, 3.63) is 0 Å². The highest BCUT2D eigenvalue weighted by atomic mass is 16.5. The molecule has 0 aromatic carbocycles. The quantitative estimate of drug-likeness (QED) is 0.503. The van der Waals surface area contributed by atoms with Crippen LogP contribution in [0, 0.1) is 0 Å². The van der Waals surface area contributed by atoms with Gasteiger partial charge in [-0.05, 0) is 27.2 Å². The van der Waals surface area contributed by atoms with Gasteiger partial charge in [-0.1, -0.05) is 6.92 Å². The first kappa shape index (κ1) is 13.1. The highest BCUT2D eigenvalue weighted by molar-refractivity contribution is 5.36. The molecule has 0 saturated carbocycles. The summed E-state index contributed by atoms with van der Waals surface area (Å²) in [7, 11) is 0. The number of hydrogen-bond donors (Lipinski definition) is 1. The van der Waals surface area contributed by atoms with Crippen molar-refractivity contribution in [1.29, 1.82) is 0 Å². The topological polar surface area (TPSA) is 46.5 Å². The number of rotatable bonds is 3. The molecule has 0 fully saturated rings. The Bertz CT molecular complexity index is 77.8. The second kappa shape index (κ2) is 7.54. The predicted octanol–water partition coefficient (Wildman–Crippen LogP) is 1.35. The molecule has 0 spiro atoms. The van der Waals surface area contributed by atoms with Gasteiger partial charge in [0.05, 0.1) is 12.2 Å². The van der Waals surface area contributed by atoms with Gasteiger partial charge in [0.1, 0.15) is 0 Å². The summed E-state index contributed by atoms with van der Waals surface area (Å²) < 4.78 is 4.30. The van der Waals surface area contributed by atoms with Crippen molar-refractivity contribution in [3.63, 3.8) is 0 Å². The smallest absolute Gasteiger partial charge is 0.293 e. The largest absolute Gasteiger partial charge is 0.468 e. The predicted molar refractivity (Wildman–Crippen MR) is 44.3 cm³/mol. The van der Waals surface area contributed by atoms with Gasteiger partial charge in [-0.15, -0.1) is 0 Å². The zero-order valence-electron chi connectivity index (χ0n) is 7.76. The van der Waals surface area contributed by atoms with Gasteiger partial charge in [-0.25, -0.2) is 0 Å². The van der Waals surface area contributed by atoms with Crippen LogP contribution in [0.15, 0.2) is 0 Å². The minimum absolute atomic E-state index is 0.462. The van der Waals surface area contributed by atoms with Crippen LogP contribution in [0.2, 0.25) is 0 Å². The van der Waals surface area contributed by atoms with Crippen molar-refractivity contribution < 1.29 is 14.6 Å². The Balaban J connectivity index is 0. The summed E-state index contributed by atoms with van der Waals surface area (Å²) in [5.41, 5.74) is -0.500. The number of ether oxygens (including phenoxy) is 1. The SMILES string of the molecule is CC(C)(C)O.CCCOC=O. The van der Waals surface area contributed by atoms with Crippen molar-refractivity contribution in [1.82, 2.24) is 0 Å². The van der Waals surface area contributed by atoms with Crippen LogP contribution in [0.25, 0.3) is 0 Å². The van der Waals surface area contributed by atoms with Gasteiger partial charge in [0, 0.05) is 0 Å². The Labute approximate surface area is 68.4 Å². The summed E-state index contributed by atoms with van der Waals surface area (Å²) in [5.74, 6) is 0. The summed E-state index contributed by atoms with van der Waals surface area (Å²) >= 11 is 0. The van der Waals surface area contributed by atoms with Crippen molar-refractivity contribution in [2.75, 3.05) is 6.61 Å². The molecule has 0 atom stereocenters. The fourth-order valence-electron chi connectivity index (χ4n) is 0.166. The first-order valence-electron chi connectivity index (χ1n) is 3.69. The van der Waals surface area contributed by atoms with E-state index in [1.807, 2.05) is 6.92 Å². The first-order chi connectivity index (χ1) is 4.91. The van der Waals surface area contributed by atoms with Gasteiger partial charge < -0.3 is 9.84 Å². The van der Waals surface area contributed by atoms with Crippen LogP contribution >= 0.6 is 0 Å². The van der Waals surface area contributed by atoms with Crippen molar-refractivity contribution >= 4 is 6.47 Å². The third-order valence-electron chi connectivity index (χ3n) is 0.390. The van der Waals surface area contributed by atoms with Gasteiger partial charge in [-0.3, -0.25) is 4.79 Å². The summed E-state index contributed by atoms with van der Waals surface area (Å²) in [4.78, 5) is 9.34. The Morgan fingerprint density at radius 1 is 1.45 bits per heavy atom. The second-order valence-electron chi connectivity index (χ2n) is 3.14. The van der Waals surface area contributed by atoms with E-state index in [0.717, 1.165) is 6.42 Å². The molecule has 0 bridgehead atoms. The van der Waals surface area contributed by atoms with E-state index in [-0.39, 0.29) is 0 Å². The molecule has 3 nitrogen and oxygen atoms in total. The zero-order chi connectivity index (χ0) is 9.33. The fourth-order valence-corrected chi connectivity index (χ4v) is 0.166. The average Bonchev–Trinajstić information content (AvgIpc) is 1.79. The van der Waals surface area contributed by atoms with E-state index < -0.39 is 5.60 Å². The molecule has 0 saturated heterocycles. The minimum atomic E-state index is -0.500. The molecule has 0 aromatic heterocycles. The molecule has 1 N–H and O–H groups in total. The molecule has 0 radical (unpaired) electrons. The molecular formula is C8H18O3. The normalized spacial score (nSPS) is 9.55. The van der Waals surface area contributed by atoms with Gasteiger partial charge in [0.25, 0.3) is 6.47 Å². The highest BCUT2D eigenvalue weighted by Gasteiger charge is 1.97. The Hall–Kier alpha value is -0.570. The molecule has 0 aliphatic carbocycles. The highest BCUT2D eigenvalue weighted by Crippen LogP contribution is 1.93. The lowest BCUT2D eigenvalue weighted by Crippen LogP contribution is -2.10. The molecule has 11 heavy (non-hydrogen) atoms. The number of hydrogen-bond acceptors (Lipinski definition) is 3. The number of carbonyl (C=O) groups excluding carboxylic acids is 1. The molecule has 3 heteroatoms. The molecule has 0 amide bonds. The third-order valence-corrected chi connectivity index (χ3v) is 0.390. The van der Waals surface area contributed by atoms with E-state index in [4.69, 9.17) is 5.11 Å². The standard InChI is InChI=1S/C4H8O2.C4H10O/c1-2-3-6-4-5;1-4(2,3)5/h4H,2-3H2,1H3;5H,1-3H3. The summed E-state index contributed by atoms with van der Waals surface area (Å²) in [6.07, 6.45) is 0.902. The van der Waals surface area contributed by atoms with Crippen LogP contribution < -0.4 is 0 Å². The lowest BCUT2D eigenvalue weighted by atomic mass is 10.2. The molecule has 0 unspecified atom stereocenters. The minimum Gasteiger partial charge on any atom is -0.468 e. The Kier molecular flexibility index (Phi) is 8.94. The maximum atomic E-state index is 9.34. The molecule has 68 valence electrons. The van der Waals surface area contributed by atoms with E-state index >= 15 is 0 Å². The van der Waals surface area contributed by atoms with Gasteiger partial charge >= 0.3 is 0 Å². The lowest BCUT2D eigenvalue weighted by molar-refractivity contribution is -0.128. The van der Waals surface area contributed by atoms with Crippen molar-refractivity contribution in [2.45, 2.75) is 39.7 Å². The van der Waals surface area contributed by atoms with E-state index in [1.54, 1.807) is 20.8 Å². The summed E-state index contributed by atoms with van der Waals surface area (Å²) in [6.45, 7) is 8.18. The van der Waals surface area contributed by atoms with Gasteiger partial charge in [0.15, 0.2) is 0 Å². The monoisotopic (exact) mass is 162 g/mol. The second-order valence-corrected chi connectivity index (χ2v) is 3.14. The third kappa shape index (κ3) is 88.2. The van der Waals surface area contributed by atoms with Crippen LogP contribution in [0.1, 0.15) is 34.1 Å². The summed E-state index contributed by atoms with van der Waals surface area (Å²) in [6, 6.07) is 0. The van der Waals surface area contributed by atoms with E-state index in [0.29, 0.717) is 13.1 Å². The molecule has 0 aromatic rings.